The van der Waals surface area contributed by atoms with E-state index >= 15 is 0 Å². The second-order valence-electron chi connectivity index (χ2n) is 4.36. The van der Waals surface area contributed by atoms with Crippen LogP contribution in [0.25, 0.3) is 0 Å². The first-order valence-corrected chi connectivity index (χ1v) is 7.94. The van der Waals surface area contributed by atoms with E-state index in [-0.39, 0.29) is 11.5 Å². The van der Waals surface area contributed by atoms with Gasteiger partial charge in [0.25, 0.3) is 0 Å². The molecule has 0 saturated heterocycles. The first-order valence-electron chi connectivity index (χ1n) is 5.74. The summed E-state index contributed by atoms with van der Waals surface area (Å²) in [5.74, 6) is -0.0686. The van der Waals surface area contributed by atoms with Crippen LogP contribution in [0.5, 0.6) is 0 Å². The lowest BCUT2D eigenvalue weighted by Gasteiger charge is -2.07. The number of anilines is 1. The van der Waals surface area contributed by atoms with Gasteiger partial charge in [0.15, 0.2) is 9.84 Å². The van der Waals surface area contributed by atoms with Gasteiger partial charge in [-0.1, -0.05) is 48.0 Å². The van der Waals surface area contributed by atoms with Crippen LogP contribution in [-0.2, 0) is 21.3 Å². The molecule has 2 rings (SSSR count). The summed E-state index contributed by atoms with van der Waals surface area (Å²) in [6.45, 7) is 0. The molecule has 0 aliphatic carbocycles. The number of sulfone groups is 1. The third-order valence-corrected chi connectivity index (χ3v) is 4.47. The van der Waals surface area contributed by atoms with Crippen LogP contribution in [0.2, 0.25) is 5.02 Å². The third kappa shape index (κ3) is 3.98. The summed E-state index contributed by atoms with van der Waals surface area (Å²) in [5.41, 5.74) is 7.54. The molecule has 0 aliphatic heterocycles. The molecule has 100 valence electrons. The lowest BCUT2D eigenvalue weighted by molar-refractivity contribution is 0.594. The van der Waals surface area contributed by atoms with Crippen LogP contribution in [-0.4, -0.2) is 8.42 Å². The van der Waals surface area contributed by atoms with Gasteiger partial charge in [-0.3, -0.25) is 0 Å². The summed E-state index contributed by atoms with van der Waals surface area (Å²) in [6, 6.07) is 13.9. The van der Waals surface area contributed by atoms with E-state index in [1.54, 1.807) is 30.3 Å². The molecule has 0 amide bonds. The summed E-state index contributed by atoms with van der Waals surface area (Å²) in [7, 11) is -3.25. The highest BCUT2D eigenvalue weighted by molar-refractivity contribution is 7.89. The number of hydrogen-bond donors (Lipinski definition) is 1. The van der Waals surface area contributed by atoms with E-state index in [4.69, 9.17) is 17.3 Å². The molecule has 2 N–H and O–H groups in total. The predicted molar refractivity (Wildman–Crippen MR) is 78.6 cm³/mol. The minimum Gasteiger partial charge on any atom is -0.398 e. The van der Waals surface area contributed by atoms with E-state index in [9.17, 15) is 8.42 Å². The molecule has 0 fully saturated rings. The molecule has 0 saturated carbocycles. The van der Waals surface area contributed by atoms with Crippen LogP contribution in [0.3, 0.4) is 0 Å². The molecule has 2 aromatic rings. The molecule has 0 aliphatic rings. The lowest BCUT2D eigenvalue weighted by Crippen LogP contribution is -2.09. The molecule has 0 atom stereocenters. The maximum atomic E-state index is 12.1. The minimum atomic E-state index is -3.25. The van der Waals surface area contributed by atoms with Crippen molar-refractivity contribution < 1.29 is 8.42 Å². The van der Waals surface area contributed by atoms with Crippen molar-refractivity contribution in [1.82, 2.24) is 0 Å². The standard InChI is InChI=1S/C14H14ClNO2S/c15-13-7-6-12(14(16)8-13)10-19(17,18)9-11-4-2-1-3-5-11/h1-8H,9-10,16H2. The molecule has 0 bridgehead atoms. The fourth-order valence-corrected chi connectivity index (χ4v) is 3.53. The summed E-state index contributed by atoms with van der Waals surface area (Å²) in [4.78, 5) is 0. The van der Waals surface area contributed by atoms with Gasteiger partial charge in [-0.15, -0.1) is 0 Å². The zero-order chi connectivity index (χ0) is 13.9. The molecular weight excluding hydrogens is 282 g/mol. The largest absolute Gasteiger partial charge is 0.398 e. The number of rotatable bonds is 4. The van der Waals surface area contributed by atoms with Crippen LogP contribution in [0.4, 0.5) is 5.69 Å². The average molecular weight is 296 g/mol. The summed E-state index contributed by atoms with van der Waals surface area (Å²) < 4.78 is 24.2. The quantitative estimate of drug-likeness (QED) is 0.882. The number of benzene rings is 2. The summed E-state index contributed by atoms with van der Waals surface area (Å²) in [6.07, 6.45) is 0. The fraction of sp³-hybridized carbons (Fsp3) is 0.143. The summed E-state index contributed by atoms with van der Waals surface area (Å²) in [5, 5.41) is 0.502. The van der Waals surface area contributed by atoms with Crippen molar-refractivity contribution in [3.05, 3.63) is 64.7 Å². The molecule has 19 heavy (non-hydrogen) atoms. The van der Waals surface area contributed by atoms with Gasteiger partial charge in [0.2, 0.25) is 0 Å². The molecule has 0 radical (unpaired) electrons. The third-order valence-electron chi connectivity index (χ3n) is 2.71. The zero-order valence-corrected chi connectivity index (χ0v) is 11.8. The molecular formula is C14H14ClNO2S. The molecule has 0 aromatic heterocycles. The SMILES string of the molecule is Nc1cc(Cl)ccc1CS(=O)(=O)Cc1ccccc1. The second kappa shape index (κ2) is 5.63. The highest BCUT2D eigenvalue weighted by Crippen LogP contribution is 2.21. The van der Waals surface area contributed by atoms with Crippen molar-refractivity contribution in [3.8, 4) is 0 Å². The molecule has 0 spiro atoms. The van der Waals surface area contributed by atoms with E-state index in [0.29, 0.717) is 16.3 Å². The van der Waals surface area contributed by atoms with Crippen molar-refractivity contribution in [2.75, 3.05) is 5.73 Å². The first-order chi connectivity index (χ1) is 8.96. The van der Waals surface area contributed by atoms with Gasteiger partial charge >= 0.3 is 0 Å². The number of nitrogen functional groups attached to an aromatic ring is 1. The first kappa shape index (κ1) is 13.9. The van der Waals surface area contributed by atoms with Crippen molar-refractivity contribution in [3.63, 3.8) is 0 Å². The highest BCUT2D eigenvalue weighted by atomic mass is 35.5. The van der Waals surface area contributed by atoms with Gasteiger partial charge < -0.3 is 5.73 Å². The second-order valence-corrected chi connectivity index (χ2v) is 6.86. The maximum absolute atomic E-state index is 12.1. The van der Waals surface area contributed by atoms with Crippen LogP contribution in [0.15, 0.2) is 48.5 Å². The normalized spacial score (nSPS) is 11.4. The molecule has 0 unspecified atom stereocenters. The lowest BCUT2D eigenvalue weighted by atomic mass is 10.2. The van der Waals surface area contributed by atoms with E-state index in [0.717, 1.165) is 5.56 Å². The van der Waals surface area contributed by atoms with Gasteiger partial charge in [-0.25, -0.2) is 8.42 Å². The molecule has 3 nitrogen and oxygen atoms in total. The Bertz CT molecular complexity index is 669. The van der Waals surface area contributed by atoms with Crippen LogP contribution < -0.4 is 5.73 Å². The number of hydrogen-bond acceptors (Lipinski definition) is 3. The minimum absolute atomic E-state index is 0.00983. The van der Waals surface area contributed by atoms with Crippen molar-refractivity contribution >= 4 is 27.1 Å². The Morgan fingerprint density at radius 1 is 1.00 bits per heavy atom. The fourth-order valence-electron chi connectivity index (χ4n) is 1.81. The highest BCUT2D eigenvalue weighted by Gasteiger charge is 2.14. The van der Waals surface area contributed by atoms with Gasteiger partial charge in [0.05, 0.1) is 11.5 Å². The monoisotopic (exact) mass is 295 g/mol. The van der Waals surface area contributed by atoms with Crippen molar-refractivity contribution in [2.24, 2.45) is 0 Å². The Hall–Kier alpha value is -1.52. The van der Waals surface area contributed by atoms with Gasteiger partial charge in [0.1, 0.15) is 0 Å². The van der Waals surface area contributed by atoms with Crippen molar-refractivity contribution in [1.29, 1.82) is 0 Å². The van der Waals surface area contributed by atoms with Crippen LogP contribution in [0.1, 0.15) is 11.1 Å². The van der Waals surface area contributed by atoms with Gasteiger partial charge in [-0.2, -0.15) is 0 Å². The van der Waals surface area contributed by atoms with Gasteiger partial charge in [-0.05, 0) is 23.3 Å². The van der Waals surface area contributed by atoms with Gasteiger partial charge in [0, 0.05) is 10.7 Å². The smallest absolute Gasteiger partial charge is 0.158 e. The van der Waals surface area contributed by atoms with E-state index < -0.39 is 9.84 Å². The number of halogens is 1. The Labute approximate surface area is 117 Å². The number of nitrogens with two attached hydrogens (primary N) is 1. The Kier molecular flexibility index (Phi) is 4.12. The van der Waals surface area contributed by atoms with Crippen molar-refractivity contribution in [2.45, 2.75) is 11.5 Å². The molecule has 0 heterocycles. The maximum Gasteiger partial charge on any atom is 0.158 e. The topological polar surface area (TPSA) is 60.2 Å². The Morgan fingerprint density at radius 3 is 2.32 bits per heavy atom. The van der Waals surface area contributed by atoms with Crippen LogP contribution in [0, 0.1) is 0 Å². The Balaban J connectivity index is 2.17. The molecule has 5 heteroatoms. The van der Waals surface area contributed by atoms with E-state index in [1.165, 1.54) is 0 Å². The Morgan fingerprint density at radius 2 is 1.68 bits per heavy atom. The molecule has 2 aromatic carbocycles. The predicted octanol–water partition coefficient (Wildman–Crippen LogP) is 3.04. The zero-order valence-electron chi connectivity index (χ0n) is 10.2. The van der Waals surface area contributed by atoms with E-state index in [1.807, 2.05) is 18.2 Å². The average Bonchev–Trinajstić information content (AvgIpc) is 2.33. The van der Waals surface area contributed by atoms with Crippen LogP contribution >= 0.6 is 11.6 Å². The summed E-state index contributed by atoms with van der Waals surface area (Å²) >= 11 is 5.79. The van der Waals surface area contributed by atoms with E-state index in [2.05, 4.69) is 0 Å².